The fourth-order valence-electron chi connectivity index (χ4n) is 1.45. The van der Waals surface area contributed by atoms with Crippen LogP contribution in [0.25, 0.3) is 11.1 Å². The lowest BCUT2D eigenvalue weighted by molar-refractivity contribution is 0.561. The van der Waals surface area contributed by atoms with Gasteiger partial charge in [0.15, 0.2) is 0 Å². The Labute approximate surface area is 98.9 Å². The van der Waals surface area contributed by atoms with Crippen LogP contribution in [0, 0.1) is 0 Å². The summed E-state index contributed by atoms with van der Waals surface area (Å²) < 4.78 is 0. The summed E-state index contributed by atoms with van der Waals surface area (Å²) in [7, 11) is 0. The van der Waals surface area contributed by atoms with Gasteiger partial charge in [0.2, 0.25) is 0 Å². The molecule has 0 aromatic heterocycles. The van der Waals surface area contributed by atoms with Crippen molar-refractivity contribution in [2.75, 3.05) is 5.32 Å². The molecule has 2 aromatic carbocycles. The van der Waals surface area contributed by atoms with Gasteiger partial charge in [-0.15, -0.1) is 0 Å². The third-order valence-corrected chi connectivity index (χ3v) is 2.51. The van der Waals surface area contributed by atoms with E-state index in [2.05, 4.69) is 5.32 Å². The van der Waals surface area contributed by atoms with Gasteiger partial charge in [0, 0.05) is 10.7 Å². The van der Waals surface area contributed by atoms with Crippen LogP contribution in [0.15, 0.2) is 48.5 Å². The van der Waals surface area contributed by atoms with E-state index in [-0.39, 0.29) is 0 Å². The lowest BCUT2D eigenvalue weighted by atomic mass is 10.1. The minimum absolute atomic E-state index is 0.720. The molecule has 1 N–H and O–H groups in total. The second kappa shape index (κ2) is 4.81. The summed E-state index contributed by atoms with van der Waals surface area (Å²) >= 11 is 5.81. The van der Waals surface area contributed by atoms with Gasteiger partial charge in [-0.25, -0.2) is 0 Å². The van der Waals surface area contributed by atoms with E-state index in [4.69, 9.17) is 11.6 Å². The van der Waals surface area contributed by atoms with Crippen LogP contribution in [-0.4, -0.2) is 6.41 Å². The van der Waals surface area contributed by atoms with Crippen LogP contribution >= 0.6 is 11.6 Å². The zero-order valence-electron chi connectivity index (χ0n) is 8.41. The predicted octanol–water partition coefficient (Wildman–Crippen LogP) is 3.49. The number of benzene rings is 2. The molecule has 0 heterocycles. The fraction of sp³-hybridized carbons (Fsp3) is 0. The molecule has 0 fully saturated rings. The lowest BCUT2D eigenvalue weighted by Gasteiger charge is -2.03. The number of carbonyl (C=O) groups excluding carboxylic acids is 1. The second-order valence-corrected chi connectivity index (χ2v) is 3.75. The monoisotopic (exact) mass is 230 g/mol. The predicted molar refractivity (Wildman–Crippen MR) is 66.2 cm³/mol. The van der Waals surface area contributed by atoms with Gasteiger partial charge in [-0.3, -0.25) is 4.79 Å². The SMILES string of the molecule is O=[C]Nc1ccc(-c2ccc(Cl)cc2)cc1. The Morgan fingerprint density at radius 3 is 1.88 bits per heavy atom. The molecular formula is C13H9ClNO. The zero-order valence-corrected chi connectivity index (χ0v) is 9.16. The van der Waals surface area contributed by atoms with Crippen LogP contribution in [0.1, 0.15) is 0 Å². The van der Waals surface area contributed by atoms with Crippen LogP contribution in [0.4, 0.5) is 5.69 Å². The molecule has 0 aliphatic rings. The van der Waals surface area contributed by atoms with E-state index in [1.54, 1.807) is 6.41 Å². The highest BCUT2D eigenvalue weighted by Gasteiger charge is 1.97. The summed E-state index contributed by atoms with van der Waals surface area (Å²) in [4.78, 5) is 10.1. The highest BCUT2D eigenvalue weighted by molar-refractivity contribution is 6.30. The minimum Gasteiger partial charge on any atom is -0.318 e. The van der Waals surface area contributed by atoms with Gasteiger partial charge in [0.05, 0.1) is 0 Å². The van der Waals surface area contributed by atoms with Gasteiger partial charge < -0.3 is 5.32 Å². The molecule has 0 spiro atoms. The van der Waals surface area contributed by atoms with Crippen LogP contribution in [0.3, 0.4) is 0 Å². The molecule has 0 saturated heterocycles. The normalized spacial score (nSPS) is 9.81. The van der Waals surface area contributed by atoms with Crippen molar-refractivity contribution in [1.82, 2.24) is 0 Å². The van der Waals surface area contributed by atoms with Crippen molar-refractivity contribution in [2.24, 2.45) is 0 Å². The molecule has 0 aliphatic carbocycles. The first kappa shape index (κ1) is 10.7. The van der Waals surface area contributed by atoms with Gasteiger partial charge in [-0.2, -0.15) is 0 Å². The van der Waals surface area contributed by atoms with Crippen molar-refractivity contribution in [3.63, 3.8) is 0 Å². The number of rotatable bonds is 3. The number of hydrogen-bond donors (Lipinski definition) is 1. The summed E-state index contributed by atoms with van der Waals surface area (Å²) in [6.07, 6.45) is 1.63. The molecule has 0 aliphatic heterocycles. The van der Waals surface area contributed by atoms with Crippen molar-refractivity contribution < 1.29 is 4.79 Å². The Balaban J connectivity index is 2.27. The molecular weight excluding hydrogens is 222 g/mol. The third-order valence-electron chi connectivity index (χ3n) is 2.26. The van der Waals surface area contributed by atoms with Crippen LogP contribution in [0.2, 0.25) is 5.02 Å². The highest BCUT2D eigenvalue weighted by Crippen LogP contribution is 2.22. The van der Waals surface area contributed by atoms with Crippen LogP contribution < -0.4 is 5.32 Å². The standard InChI is InChI=1S/C13H9ClNO/c14-12-5-1-10(2-6-12)11-3-7-13(8-4-11)15-9-16/h1-8H,(H,15,16). The summed E-state index contributed by atoms with van der Waals surface area (Å²) in [5.41, 5.74) is 2.90. The Morgan fingerprint density at radius 1 is 0.875 bits per heavy atom. The lowest BCUT2D eigenvalue weighted by Crippen LogP contribution is -1.92. The Morgan fingerprint density at radius 2 is 1.38 bits per heavy atom. The fourth-order valence-corrected chi connectivity index (χ4v) is 1.57. The van der Waals surface area contributed by atoms with Crippen molar-refractivity contribution in [3.05, 3.63) is 53.6 Å². The van der Waals surface area contributed by atoms with Gasteiger partial charge in [0.1, 0.15) is 0 Å². The second-order valence-electron chi connectivity index (χ2n) is 3.31. The van der Waals surface area contributed by atoms with Crippen molar-refractivity contribution >= 4 is 23.7 Å². The summed E-state index contributed by atoms with van der Waals surface area (Å²) in [5, 5.41) is 3.19. The van der Waals surface area contributed by atoms with Crippen LogP contribution in [-0.2, 0) is 4.79 Å². The van der Waals surface area contributed by atoms with E-state index in [0.717, 1.165) is 21.8 Å². The van der Waals surface area contributed by atoms with E-state index < -0.39 is 0 Å². The first-order chi connectivity index (χ1) is 7.79. The first-order valence-electron chi connectivity index (χ1n) is 4.79. The first-order valence-corrected chi connectivity index (χ1v) is 5.16. The molecule has 16 heavy (non-hydrogen) atoms. The number of anilines is 1. The van der Waals surface area contributed by atoms with Crippen molar-refractivity contribution in [2.45, 2.75) is 0 Å². The van der Waals surface area contributed by atoms with E-state index in [0.29, 0.717) is 0 Å². The molecule has 1 radical (unpaired) electrons. The maximum atomic E-state index is 10.1. The van der Waals surface area contributed by atoms with Gasteiger partial charge >= 0.3 is 6.41 Å². The van der Waals surface area contributed by atoms with Gasteiger partial charge in [0.25, 0.3) is 0 Å². The molecule has 2 aromatic rings. The average molecular weight is 231 g/mol. The largest absolute Gasteiger partial charge is 0.318 e. The third kappa shape index (κ3) is 2.41. The molecule has 0 saturated carbocycles. The summed E-state index contributed by atoms with van der Waals surface area (Å²) in [6, 6.07) is 15.1. The Kier molecular flexibility index (Phi) is 3.22. The van der Waals surface area contributed by atoms with Gasteiger partial charge in [-0.05, 0) is 35.4 Å². The molecule has 0 bridgehead atoms. The average Bonchev–Trinajstić information content (AvgIpc) is 2.32. The Bertz CT molecular complexity index is 476. The molecule has 0 unspecified atom stereocenters. The number of halogens is 1. The number of hydrogen-bond acceptors (Lipinski definition) is 1. The van der Waals surface area contributed by atoms with Gasteiger partial charge in [-0.1, -0.05) is 35.9 Å². The maximum Gasteiger partial charge on any atom is 0.314 e. The summed E-state index contributed by atoms with van der Waals surface area (Å²) in [6.45, 7) is 0. The van der Waals surface area contributed by atoms with E-state index in [1.807, 2.05) is 48.5 Å². The molecule has 2 nitrogen and oxygen atoms in total. The maximum absolute atomic E-state index is 10.1. The highest BCUT2D eigenvalue weighted by atomic mass is 35.5. The molecule has 79 valence electrons. The molecule has 2 rings (SSSR count). The van der Waals surface area contributed by atoms with Crippen molar-refractivity contribution in [1.29, 1.82) is 0 Å². The van der Waals surface area contributed by atoms with E-state index in [1.165, 1.54) is 0 Å². The smallest absolute Gasteiger partial charge is 0.314 e. The number of amides is 1. The number of nitrogens with one attached hydrogen (secondary N) is 1. The minimum atomic E-state index is 0.720. The van der Waals surface area contributed by atoms with E-state index >= 15 is 0 Å². The van der Waals surface area contributed by atoms with Crippen LogP contribution in [0.5, 0.6) is 0 Å². The molecule has 1 amide bonds. The topological polar surface area (TPSA) is 29.1 Å². The quantitative estimate of drug-likeness (QED) is 0.804. The van der Waals surface area contributed by atoms with Crippen molar-refractivity contribution in [3.8, 4) is 11.1 Å². The summed E-state index contributed by atoms with van der Waals surface area (Å²) in [5.74, 6) is 0. The van der Waals surface area contributed by atoms with E-state index in [9.17, 15) is 4.79 Å². The molecule has 3 heteroatoms. The zero-order chi connectivity index (χ0) is 11.4. The molecule has 0 atom stereocenters. The Hall–Kier alpha value is -1.80.